The second-order valence-corrected chi connectivity index (χ2v) is 5.00. The quantitative estimate of drug-likeness (QED) is 0.555. The predicted octanol–water partition coefficient (Wildman–Crippen LogP) is 5.56. The molecule has 2 aromatic carbocycles. The molecule has 3 aromatic rings. The van der Waals surface area contributed by atoms with Crippen LogP contribution in [0.2, 0.25) is 0 Å². The van der Waals surface area contributed by atoms with Crippen molar-refractivity contribution in [1.82, 2.24) is 0 Å². The normalized spacial score (nSPS) is 12.8. The largest absolute Gasteiger partial charge is 0.454 e. The molecule has 2 heteroatoms. The highest BCUT2D eigenvalue weighted by Crippen LogP contribution is 2.35. The number of benzene rings is 2. The van der Waals surface area contributed by atoms with Gasteiger partial charge >= 0.3 is 0 Å². The molecule has 0 saturated carbocycles. The van der Waals surface area contributed by atoms with Crippen LogP contribution in [0.15, 0.2) is 57.5 Å². The molecule has 0 amide bonds. The number of aliphatic imine (C=N–C) groups is 1. The molecule has 0 atom stereocenters. The van der Waals surface area contributed by atoms with Gasteiger partial charge in [-0.05, 0) is 38.0 Å². The fourth-order valence-corrected chi connectivity index (χ4v) is 2.29. The Bertz CT molecular complexity index is 837. The van der Waals surface area contributed by atoms with Crippen molar-refractivity contribution in [2.75, 3.05) is 0 Å². The summed E-state index contributed by atoms with van der Waals surface area (Å²) in [7, 11) is 0. The highest BCUT2D eigenvalue weighted by atomic mass is 16.3. The molecule has 0 aliphatic rings. The van der Waals surface area contributed by atoms with E-state index in [0.29, 0.717) is 0 Å². The van der Waals surface area contributed by atoms with Gasteiger partial charge in [-0.25, -0.2) is 0 Å². The molecule has 100 valence electrons. The van der Waals surface area contributed by atoms with Crippen LogP contribution in [0.3, 0.4) is 0 Å². The molecule has 0 saturated heterocycles. The van der Waals surface area contributed by atoms with Crippen LogP contribution < -0.4 is 0 Å². The monoisotopic (exact) mass is 263 g/mol. The molecule has 0 bridgehead atoms. The average molecular weight is 263 g/mol. The van der Waals surface area contributed by atoms with Crippen molar-refractivity contribution in [1.29, 1.82) is 0 Å². The standard InChI is InChI=1S/C18H17NO/c1-4-12(2)11-19-16-10-6-9-15-14-8-5-7-13(3)17(14)20-18(15)16/h4-11H,1-3H3/b12-4-,19-11?. The van der Waals surface area contributed by atoms with Crippen molar-refractivity contribution >= 4 is 33.8 Å². The molecule has 0 spiro atoms. The van der Waals surface area contributed by atoms with Crippen LogP contribution in [0, 0.1) is 6.92 Å². The summed E-state index contributed by atoms with van der Waals surface area (Å²) in [5, 5.41) is 2.27. The molecule has 0 aliphatic heterocycles. The minimum atomic E-state index is 0.858. The van der Waals surface area contributed by atoms with E-state index in [9.17, 15) is 0 Å². The smallest absolute Gasteiger partial charge is 0.161 e. The molecule has 0 aliphatic carbocycles. The molecule has 2 nitrogen and oxygen atoms in total. The summed E-state index contributed by atoms with van der Waals surface area (Å²) in [6.45, 7) is 6.11. The number of furan rings is 1. The summed E-state index contributed by atoms with van der Waals surface area (Å²) >= 11 is 0. The Hall–Kier alpha value is -2.35. The molecule has 0 fully saturated rings. The summed E-state index contributed by atoms with van der Waals surface area (Å²) in [4.78, 5) is 4.54. The van der Waals surface area contributed by atoms with E-state index in [1.54, 1.807) is 0 Å². The number of aryl methyl sites for hydroxylation is 1. The van der Waals surface area contributed by atoms with Crippen molar-refractivity contribution in [2.24, 2.45) is 4.99 Å². The highest BCUT2D eigenvalue weighted by molar-refractivity contribution is 6.09. The Kier molecular flexibility index (Phi) is 3.15. The Morgan fingerprint density at radius 1 is 1.05 bits per heavy atom. The molecule has 1 aromatic heterocycles. The third kappa shape index (κ3) is 2.03. The van der Waals surface area contributed by atoms with Crippen LogP contribution in [0.1, 0.15) is 19.4 Å². The first-order valence-electron chi connectivity index (χ1n) is 6.78. The summed E-state index contributed by atoms with van der Waals surface area (Å²) in [5.74, 6) is 0. The summed E-state index contributed by atoms with van der Waals surface area (Å²) < 4.78 is 6.05. The molecular formula is C18H17NO. The first-order valence-corrected chi connectivity index (χ1v) is 6.78. The summed E-state index contributed by atoms with van der Waals surface area (Å²) in [5.41, 5.74) is 4.97. The maximum absolute atomic E-state index is 6.05. The van der Waals surface area contributed by atoms with Crippen LogP contribution in [0.4, 0.5) is 5.69 Å². The third-order valence-electron chi connectivity index (χ3n) is 3.56. The molecule has 0 N–H and O–H groups in total. The van der Waals surface area contributed by atoms with Gasteiger partial charge < -0.3 is 4.42 Å². The van der Waals surface area contributed by atoms with Crippen LogP contribution in [0.5, 0.6) is 0 Å². The summed E-state index contributed by atoms with van der Waals surface area (Å²) in [6.07, 6.45) is 3.90. The van der Waals surface area contributed by atoms with Gasteiger partial charge in [0.05, 0.1) is 0 Å². The average Bonchev–Trinajstić information content (AvgIpc) is 2.85. The fraction of sp³-hybridized carbons (Fsp3) is 0.167. The predicted molar refractivity (Wildman–Crippen MR) is 86.0 cm³/mol. The number of hydrogen-bond acceptors (Lipinski definition) is 2. The van der Waals surface area contributed by atoms with Crippen LogP contribution in [0.25, 0.3) is 21.9 Å². The van der Waals surface area contributed by atoms with Gasteiger partial charge in [-0.1, -0.05) is 36.4 Å². The van der Waals surface area contributed by atoms with Gasteiger partial charge in [0.2, 0.25) is 0 Å². The van der Waals surface area contributed by atoms with E-state index in [2.05, 4.69) is 36.2 Å². The van der Waals surface area contributed by atoms with Crippen molar-refractivity contribution in [2.45, 2.75) is 20.8 Å². The molecule has 1 heterocycles. The lowest BCUT2D eigenvalue weighted by atomic mass is 10.1. The molecular weight excluding hydrogens is 246 g/mol. The van der Waals surface area contributed by atoms with E-state index in [-0.39, 0.29) is 0 Å². The molecule has 0 radical (unpaired) electrons. The van der Waals surface area contributed by atoms with Crippen molar-refractivity contribution in [3.05, 3.63) is 53.6 Å². The van der Waals surface area contributed by atoms with Crippen LogP contribution >= 0.6 is 0 Å². The van der Waals surface area contributed by atoms with E-state index < -0.39 is 0 Å². The zero-order chi connectivity index (χ0) is 14.1. The van der Waals surface area contributed by atoms with Crippen molar-refractivity contribution < 1.29 is 4.42 Å². The van der Waals surface area contributed by atoms with Gasteiger partial charge in [0.25, 0.3) is 0 Å². The SMILES string of the molecule is C/C=C(/C)C=Nc1cccc2c1oc1c(C)cccc12. The van der Waals surface area contributed by atoms with Crippen molar-refractivity contribution in [3.8, 4) is 0 Å². The Labute approximate surface area is 118 Å². The van der Waals surface area contributed by atoms with Gasteiger partial charge in [0.1, 0.15) is 11.3 Å². The van der Waals surface area contributed by atoms with Gasteiger partial charge in [0.15, 0.2) is 5.58 Å². The van der Waals surface area contributed by atoms with Crippen molar-refractivity contribution in [3.63, 3.8) is 0 Å². The number of rotatable bonds is 2. The second-order valence-electron chi connectivity index (χ2n) is 5.00. The first kappa shape index (κ1) is 12.7. The fourth-order valence-electron chi connectivity index (χ4n) is 2.29. The van der Waals surface area contributed by atoms with E-state index in [1.807, 2.05) is 38.3 Å². The maximum atomic E-state index is 6.05. The minimum Gasteiger partial charge on any atom is -0.454 e. The second kappa shape index (κ2) is 4.97. The lowest BCUT2D eigenvalue weighted by molar-refractivity contribution is 0.666. The van der Waals surface area contributed by atoms with Crippen LogP contribution in [-0.4, -0.2) is 6.21 Å². The highest BCUT2D eigenvalue weighted by Gasteiger charge is 2.10. The van der Waals surface area contributed by atoms with Gasteiger partial charge in [-0.15, -0.1) is 0 Å². The number of allylic oxidation sites excluding steroid dienone is 2. The number of fused-ring (bicyclic) bond motifs is 3. The maximum Gasteiger partial charge on any atom is 0.161 e. The number of nitrogens with zero attached hydrogens (tertiary/aromatic N) is 1. The zero-order valence-corrected chi connectivity index (χ0v) is 12.0. The van der Waals surface area contributed by atoms with E-state index >= 15 is 0 Å². The van der Waals surface area contributed by atoms with Crippen LogP contribution in [-0.2, 0) is 0 Å². The van der Waals surface area contributed by atoms with E-state index in [4.69, 9.17) is 4.42 Å². The Balaban J connectivity index is 2.27. The lowest BCUT2D eigenvalue weighted by Crippen LogP contribution is -1.75. The number of hydrogen-bond donors (Lipinski definition) is 0. The Morgan fingerprint density at radius 2 is 1.75 bits per heavy atom. The minimum absolute atomic E-state index is 0.858. The Morgan fingerprint density at radius 3 is 2.50 bits per heavy atom. The van der Waals surface area contributed by atoms with Gasteiger partial charge in [-0.3, -0.25) is 4.99 Å². The third-order valence-corrected chi connectivity index (χ3v) is 3.56. The molecule has 0 unspecified atom stereocenters. The molecule has 20 heavy (non-hydrogen) atoms. The summed E-state index contributed by atoms with van der Waals surface area (Å²) in [6, 6.07) is 12.3. The van der Waals surface area contributed by atoms with E-state index in [1.165, 1.54) is 0 Å². The first-order chi connectivity index (χ1) is 9.70. The van der Waals surface area contributed by atoms with Gasteiger partial charge in [0, 0.05) is 17.0 Å². The van der Waals surface area contributed by atoms with E-state index in [0.717, 1.165) is 38.8 Å². The zero-order valence-electron chi connectivity index (χ0n) is 12.0. The lowest BCUT2D eigenvalue weighted by Gasteiger charge is -1.95. The number of para-hydroxylation sites is 2. The van der Waals surface area contributed by atoms with Gasteiger partial charge in [-0.2, -0.15) is 0 Å². The molecule has 3 rings (SSSR count). The topological polar surface area (TPSA) is 25.5 Å².